The molecule has 0 saturated heterocycles. The number of amides is 1. The smallest absolute Gasteiger partial charge is 0.332 e. The van der Waals surface area contributed by atoms with Crippen molar-refractivity contribution in [2.45, 2.75) is 19.4 Å². The van der Waals surface area contributed by atoms with E-state index in [1.807, 2.05) is 6.92 Å². The minimum Gasteiger partial charge on any atom is -0.505 e. The topological polar surface area (TPSA) is 141 Å². The average Bonchev–Trinajstić information content (AvgIpc) is 3.16. The predicted molar refractivity (Wildman–Crippen MR) is 99.9 cm³/mol. The molecule has 0 aliphatic carbocycles. The number of fused-ring (bicyclic) bond motifs is 1. The van der Waals surface area contributed by atoms with E-state index in [-0.39, 0.29) is 12.2 Å². The number of carboxylic acids is 1. The lowest BCUT2D eigenvalue weighted by molar-refractivity contribution is -0.143. The lowest BCUT2D eigenvalue weighted by Gasteiger charge is -2.32. The van der Waals surface area contributed by atoms with Crippen LogP contribution in [0.15, 0.2) is 41.5 Å². The Morgan fingerprint density at radius 2 is 1.97 bits per heavy atom. The third-order valence-corrected chi connectivity index (χ3v) is 4.81. The number of aromatic amines is 1. The van der Waals surface area contributed by atoms with Gasteiger partial charge in [-0.15, -0.1) is 0 Å². The third-order valence-electron chi connectivity index (χ3n) is 4.81. The van der Waals surface area contributed by atoms with E-state index in [2.05, 4.69) is 15.1 Å². The first kappa shape index (κ1) is 18.4. The molecule has 0 bridgehead atoms. The van der Waals surface area contributed by atoms with E-state index in [1.54, 1.807) is 24.3 Å². The molecule has 10 heteroatoms. The SMILES string of the molecule is Cc1ccc(-n2nc(C(=O)N3CCc4[nH]cnc4[C@H]3C(=O)O)c(O)cc2=O)cc1. The van der Waals surface area contributed by atoms with Gasteiger partial charge in [0.15, 0.2) is 17.5 Å². The van der Waals surface area contributed by atoms with Crippen LogP contribution >= 0.6 is 0 Å². The summed E-state index contributed by atoms with van der Waals surface area (Å²) in [6, 6.07) is 6.44. The molecule has 1 atom stereocenters. The standard InChI is InChI=1S/C19H17N5O5/c1-10-2-4-11(5-3-10)24-14(26)8-13(25)16(22-24)18(27)23-7-6-12-15(21-9-20-12)17(23)19(28)29/h2-5,8-9,17,25H,6-7H2,1H3,(H,20,21)(H,28,29)/t17-/m0/s1. The van der Waals surface area contributed by atoms with Gasteiger partial charge in [0.05, 0.1) is 17.7 Å². The maximum Gasteiger partial charge on any atom is 0.332 e. The van der Waals surface area contributed by atoms with Crippen LogP contribution < -0.4 is 5.56 Å². The lowest BCUT2D eigenvalue weighted by Crippen LogP contribution is -2.44. The second kappa shape index (κ2) is 6.89. The van der Waals surface area contributed by atoms with E-state index in [4.69, 9.17) is 0 Å². The molecule has 3 N–H and O–H groups in total. The van der Waals surface area contributed by atoms with Crippen molar-refractivity contribution in [3.8, 4) is 11.4 Å². The summed E-state index contributed by atoms with van der Waals surface area (Å²) in [5.41, 5.74) is 1.25. The van der Waals surface area contributed by atoms with Gasteiger partial charge in [-0.3, -0.25) is 9.59 Å². The van der Waals surface area contributed by atoms with Crippen molar-refractivity contribution in [2.75, 3.05) is 6.54 Å². The maximum absolute atomic E-state index is 13.1. The quantitative estimate of drug-likeness (QED) is 0.595. The fraction of sp³-hybridized carbons (Fsp3) is 0.211. The van der Waals surface area contributed by atoms with Crippen LogP contribution in [0.5, 0.6) is 5.75 Å². The van der Waals surface area contributed by atoms with Crippen LogP contribution in [-0.2, 0) is 11.2 Å². The van der Waals surface area contributed by atoms with Crippen LogP contribution in [0.25, 0.3) is 5.69 Å². The van der Waals surface area contributed by atoms with Crippen molar-refractivity contribution in [3.63, 3.8) is 0 Å². The number of nitrogens with one attached hydrogen (secondary N) is 1. The van der Waals surface area contributed by atoms with E-state index in [0.717, 1.165) is 21.2 Å². The van der Waals surface area contributed by atoms with Crippen LogP contribution in [0.1, 0.15) is 33.5 Å². The van der Waals surface area contributed by atoms with Gasteiger partial charge in [0.2, 0.25) is 0 Å². The number of aromatic hydroxyl groups is 1. The Morgan fingerprint density at radius 1 is 1.24 bits per heavy atom. The molecule has 1 aliphatic heterocycles. The van der Waals surface area contributed by atoms with Crippen molar-refractivity contribution in [1.82, 2.24) is 24.6 Å². The van der Waals surface area contributed by atoms with Gasteiger partial charge in [-0.2, -0.15) is 9.78 Å². The van der Waals surface area contributed by atoms with E-state index >= 15 is 0 Å². The summed E-state index contributed by atoms with van der Waals surface area (Å²) in [5, 5.41) is 23.9. The van der Waals surface area contributed by atoms with Gasteiger partial charge >= 0.3 is 5.97 Å². The molecule has 4 rings (SSSR count). The molecule has 1 amide bonds. The number of aliphatic carboxylic acids is 1. The molecule has 2 aromatic heterocycles. The number of H-pyrrole nitrogens is 1. The number of nitrogens with zero attached hydrogens (tertiary/aromatic N) is 4. The molecule has 10 nitrogen and oxygen atoms in total. The number of carbonyl (C=O) groups is 2. The Balaban J connectivity index is 1.77. The number of carboxylic acid groups (broad SMARTS) is 1. The minimum absolute atomic E-state index is 0.0930. The fourth-order valence-corrected chi connectivity index (χ4v) is 3.35. The molecule has 3 aromatic rings. The second-order valence-electron chi connectivity index (χ2n) is 6.72. The van der Waals surface area contributed by atoms with Crippen LogP contribution in [0.2, 0.25) is 0 Å². The van der Waals surface area contributed by atoms with Gasteiger partial charge in [-0.25, -0.2) is 9.78 Å². The Kier molecular flexibility index (Phi) is 4.38. The minimum atomic E-state index is -1.32. The van der Waals surface area contributed by atoms with E-state index in [0.29, 0.717) is 17.8 Å². The highest BCUT2D eigenvalue weighted by molar-refractivity contribution is 5.97. The average molecular weight is 395 g/mol. The molecule has 0 radical (unpaired) electrons. The Morgan fingerprint density at radius 3 is 2.66 bits per heavy atom. The summed E-state index contributed by atoms with van der Waals surface area (Å²) in [7, 11) is 0. The fourth-order valence-electron chi connectivity index (χ4n) is 3.35. The summed E-state index contributed by atoms with van der Waals surface area (Å²) in [4.78, 5) is 45.2. The molecule has 0 unspecified atom stereocenters. The molecular formula is C19H17N5O5. The Labute approximate surface area is 164 Å². The number of imidazole rings is 1. The molecule has 1 aliphatic rings. The lowest BCUT2D eigenvalue weighted by atomic mass is 10.0. The van der Waals surface area contributed by atoms with Gasteiger partial charge in [0.25, 0.3) is 11.5 Å². The number of benzene rings is 1. The molecule has 0 spiro atoms. The van der Waals surface area contributed by atoms with Crippen molar-refractivity contribution in [2.24, 2.45) is 0 Å². The zero-order valence-electron chi connectivity index (χ0n) is 15.4. The van der Waals surface area contributed by atoms with E-state index in [1.165, 1.54) is 6.33 Å². The molecule has 148 valence electrons. The van der Waals surface area contributed by atoms with Crippen molar-refractivity contribution >= 4 is 11.9 Å². The molecule has 0 saturated carbocycles. The molecule has 3 heterocycles. The molecule has 29 heavy (non-hydrogen) atoms. The summed E-state index contributed by atoms with van der Waals surface area (Å²) < 4.78 is 0.992. The van der Waals surface area contributed by atoms with Crippen molar-refractivity contribution < 1.29 is 19.8 Å². The summed E-state index contributed by atoms with van der Waals surface area (Å²) in [5.74, 6) is -2.66. The monoisotopic (exact) mass is 395 g/mol. The summed E-state index contributed by atoms with van der Waals surface area (Å²) >= 11 is 0. The highest BCUT2D eigenvalue weighted by Crippen LogP contribution is 2.30. The summed E-state index contributed by atoms with van der Waals surface area (Å²) in [6.07, 6.45) is 1.76. The van der Waals surface area contributed by atoms with E-state index < -0.39 is 34.9 Å². The first-order chi connectivity index (χ1) is 13.9. The number of aromatic nitrogens is 4. The number of rotatable bonds is 3. The first-order valence-electron chi connectivity index (χ1n) is 8.83. The molecule has 1 aromatic carbocycles. The predicted octanol–water partition coefficient (Wildman–Crippen LogP) is 0.794. The highest BCUT2D eigenvalue weighted by Gasteiger charge is 2.39. The van der Waals surface area contributed by atoms with E-state index in [9.17, 15) is 24.6 Å². The van der Waals surface area contributed by atoms with Gasteiger partial charge in [0.1, 0.15) is 0 Å². The Bertz CT molecular complexity index is 1160. The first-order valence-corrected chi connectivity index (χ1v) is 8.83. The Hall–Kier alpha value is -3.95. The van der Waals surface area contributed by atoms with Gasteiger partial charge in [-0.05, 0) is 19.1 Å². The van der Waals surface area contributed by atoms with Crippen molar-refractivity contribution in [3.05, 3.63) is 69.7 Å². The number of hydrogen-bond acceptors (Lipinski definition) is 6. The number of hydrogen-bond donors (Lipinski definition) is 3. The zero-order valence-corrected chi connectivity index (χ0v) is 15.4. The second-order valence-corrected chi connectivity index (χ2v) is 6.72. The van der Waals surface area contributed by atoms with Gasteiger partial charge < -0.3 is 20.1 Å². The van der Waals surface area contributed by atoms with Gasteiger partial charge in [-0.1, -0.05) is 17.7 Å². The molecule has 0 fully saturated rings. The zero-order chi connectivity index (χ0) is 20.7. The normalized spacial score (nSPS) is 15.8. The number of carbonyl (C=O) groups excluding carboxylic acids is 1. The highest BCUT2D eigenvalue weighted by atomic mass is 16.4. The maximum atomic E-state index is 13.1. The van der Waals surface area contributed by atoms with Gasteiger partial charge in [0, 0.05) is 24.7 Å². The number of aryl methyl sites for hydroxylation is 1. The van der Waals surface area contributed by atoms with Crippen LogP contribution in [0.4, 0.5) is 0 Å². The molecular weight excluding hydrogens is 378 g/mol. The van der Waals surface area contributed by atoms with Crippen LogP contribution in [0, 0.1) is 6.92 Å². The largest absolute Gasteiger partial charge is 0.505 e. The van der Waals surface area contributed by atoms with Crippen LogP contribution in [0.3, 0.4) is 0 Å². The third kappa shape index (κ3) is 3.14. The van der Waals surface area contributed by atoms with Crippen LogP contribution in [-0.4, -0.2) is 53.3 Å². The summed E-state index contributed by atoms with van der Waals surface area (Å²) in [6.45, 7) is 1.98. The van der Waals surface area contributed by atoms with Crippen molar-refractivity contribution in [1.29, 1.82) is 0 Å².